The first-order chi connectivity index (χ1) is 18.3. The summed E-state index contributed by atoms with van der Waals surface area (Å²) in [7, 11) is 1.64. The van der Waals surface area contributed by atoms with Crippen LogP contribution in [0.1, 0.15) is 16.2 Å². The van der Waals surface area contributed by atoms with E-state index in [9.17, 15) is 18.0 Å². The zero-order valence-corrected chi connectivity index (χ0v) is 20.4. The number of carbonyl (C=O) groups is 1. The van der Waals surface area contributed by atoms with Gasteiger partial charge in [-0.1, -0.05) is 24.3 Å². The van der Waals surface area contributed by atoms with Crippen molar-refractivity contribution in [2.45, 2.75) is 6.18 Å². The zero-order chi connectivity index (χ0) is 26.7. The first kappa shape index (κ1) is 25.1. The molecule has 0 atom stereocenters. The van der Waals surface area contributed by atoms with Crippen LogP contribution in [0.25, 0.3) is 11.5 Å². The molecule has 0 bridgehead atoms. The Morgan fingerprint density at radius 1 is 0.974 bits per heavy atom. The summed E-state index contributed by atoms with van der Waals surface area (Å²) in [6.45, 7) is 3.02. The van der Waals surface area contributed by atoms with Crippen molar-refractivity contribution in [2.75, 3.05) is 48.4 Å². The Morgan fingerprint density at radius 3 is 2.37 bits per heavy atom. The molecule has 1 fully saturated rings. The minimum absolute atomic E-state index is 0.242. The Balaban J connectivity index is 1.25. The molecule has 0 unspecified atom stereocenters. The average molecular weight is 524 g/mol. The van der Waals surface area contributed by atoms with E-state index in [4.69, 9.17) is 9.15 Å². The van der Waals surface area contributed by atoms with Gasteiger partial charge in [-0.25, -0.2) is 9.97 Å². The number of ether oxygens (including phenoxy) is 1. The SMILES string of the molecule is COc1cccc(N2CCN(c3ccc(NC(=O)c4nc(-c5ccccc5)oc4C(F)(F)F)cn3)CC2)c1. The van der Waals surface area contributed by atoms with E-state index in [0.717, 1.165) is 37.6 Å². The summed E-state index contributed by atoms with van der Waals surface area (Å²) >= 11 is 0. The second-order valence-electron chi connectivity index (χ2n) is 8.60. The fourth-order valence-electron chi connectivity index (χ4n) is 4.21. The van der Waals surface area contributed by atoms with E-state index >= 15 is 0 Å². The van der Waals surface area contributed by atoms with Gasteiger partial charge in [-0.15, -0.1) is 0 Å². The van der Waals surface area contributed by atoms with Crippen molar-refractivity contribution in [1.82, 2.24) is 9.97 Å². The van der Waals surface area contributed by atoms with Gasteiger partial charge in [0, 0.05) is 43.5 Å². The van der Waals surface area contributed by atoms with Crippen LogP contribution in [0.2, 0.25) is 0 Å². The van der Waals surface area contributed by atoms with Crippen molar-refractivity contribution < 1.29 is 27.1 Å². The lowest BCUT2D eigenvalue weighted by atomic mass is 10.2. The van der Waals surface area contributed by atoms with Gasteiger partial charge in [0.2, 0.25) is 11.7 Å². The largest absolute Gasteiger partial charge is 0.497 e. The number of piperazine rings is 1. The van der Waals surface area contributed by atoms with E-state index in [1.54, 1.807) is 49.6 Å². The molecule has 3 heterocycles. The van der Waals surface area contributed by atoms with Crippen molar-refractivity contribution >= 4 is 23.1 Å². The molecule has 0 spiro atoms. The fraction of sp³-hybridized carbons (Fsp3) is 0.222. The van der Waals surface area contributed by atoms with Gasteiger partial charge < -0.3 is 24.3 Å². The highest BCUT2D eigenvalue weighted by Gasteiger charge is 2.42. The summed E-state index contributed by atoms with van der Waals surface area (Å²) in [6, 6.07) is 19.3. The van der Waals surface area contributed by atoms with Gasteiger partial charge in [0.1, 0.15) is 11.6 Å². The van der Waals surface area contributed by atoms with Crippen LogP contribution in [-0.2, 0) is 6.18 Å². The maximum atomic E-state index is 13.6. The maximum absolute atomic E-state index is 13.6. The highest BCUT2D eigenvalue weighted by Crippen LogP contribution is 2.35. The van der Waals surface area contributed by atoms with Crippen LogP contribution in [0, 0.1) is 0 Å². The quantitative estimate of drug-likeness (QED) is 0.365. The summed E-state index contributed by atoms with van der Waals surface area (Å²) in [5.74, 6) is -1.27. The fourth-order valence-corrected chi connectivity index (χ4v) is 4.21. The third kappa shape index (κ3) is 5.41. The number of amides is 1. The highest BCUT2D eigenvalue weighted by atomic mass is 19.4. The second kappa shape index (κ2) is 10.4. The predicted molar refractivity (Wildman–Crippen MR) is 137 cm³/mol. The monoisotopic (exact) mass is 523 g/mol. The lowest BCUT2D eigenvalue weighted by Gasteiger charge is -2.36. The van der Waals surface area contributed by atoms with E-state index in [0.29, 0.717) is 11.4 Å². The van der Waals surface area contributed by atoms with E-state index in [1.807, 2.05) is 24.3 Å². The molecular weight excluding hydrogens is 499 g/mol. The van der Waals surface area contributed by atoms with E-state index < -0.39 is 23.5 Å². The molecule has 11 heteroatoms. The van der Waals surface area contributed by atoms with Gasteiger partial charge >= 0.3 is 6.18 Å². The summed E-state index contributed by atoms with van der Waals surface area (Å²) in [6.07, 6.45) is -3.48. The number of halogens is 3. The number of oxazole rings is 1. The topological polar surface area (TPSA) is 83.7 Å². The summed E-state index contributed by atoms with van der Waals surface area (Å²) in [4.78, 5) is 25.3. The molecule has 2 aromatic carbocycles. The highest BCUT2D eigenvalue weighted by molar-refractivity contribution is 6.04. The molecule has 5 rings (SSSR count). The maximum Gasteiger partial charge on any atom is 0.452 e. The first-order valence-electron chi connectivity index (χ1n) is 11.9. The van der Waals surface area contributed by atoms with Crippen LogP contribution < -0.4 is 19.9 Å². The van der Waals surface area contributed by atoms with Crippen LogP contribution in [0.3, 0.4) is 0 Å². The van der Waals surface area contributed by atoms with Crippen LogP contribution in [0.15, 0.2) is 77.3 Å². The molecule has 4 aromatic rings. The number of nitrogens with one attached hydrogen (secondary N) is 1. The smallest absolute Gasteiger partial charge is 0.452 e. The number of rotatable bonds is 6. The van der Waals surface area contributed by atoms with E-state index in [-0.39, 0.29) is 11.6 Å². The molecule has 1 aliphatic heterocycles. The molecule has 8 nitrogen and oxygen atoms in total. The molecule has 38 heavy (non-hydrogen) atoms. The Labute approximate surface area is 216 Å². The van der Waals surface area contributed by atoms with Gasteiger partial charge in [-0.2, -0.15) is 13.2 Å². The normalized spacial score (nSPS) is 13.9. The Bertz CT molecular complexity index is 1400. The van der Waals surface area contributed by atoms with Gasteiger partial charge in [0.15, 0.2) is 5.69 Å². The molecule has 0 radical (unpaired) electrons. The van der Waals surface area contributed by atoms with Crippen molar-refractivity contribution in [3.63, 3.8) is 0 Å². The number of hydrogen-bond donors (Lipinski definition) is 1. The molecule has 1 N–H and O–H groups in total. The molecule has 1 aliphatic rings. The van der Waals surface area contributed by atoms with Crippen molar-refractivity contribution in [3.05, 3.63) is 84.4 Å². The third-order valence-electron chi connectivity index (χ3n) is 6.15. The minimum atomic E-state index is -4.89. The van der Waals surface area contributed by atoms with Crippen LogP contribution in [-0.4, -0.2) is 49.2 Å². The average Bonchev–Trinajstić information content (AvgIpc) is 3.41. The van der Waals surface area contributed by atoms with E-state index in [2.05, 4.69) is 25.1 Å². The summed E-state index contributed by atoms with van der Waals surface area (Å²) < 4.78 is 51.0. The number of hydrogen-bond acceptors (Lipinski definition) is 7. The van der Waals surface area contributed by atoms with Crippen molar-refractivity contribution in [3.8, 4) is 17.2 Å². The predicted octanol–water partition coefficient (Wildman–Crippen LogP) is 5.34. The molecule has 1 saturated heterocycles. The van der Waals surface area contributed by atoms with E-state index in [1.165, 1.54) is 6.20 Å². The number of pyridine rings is 1. The lowest BCUT2D eigenvalue weighted by Crippen LogP contribution is -2.46. The van der Waals surface area contributed by atoms with Crippen molar-refractivity contribution in [2.24, 2.45) is 0 Å². The molecule has 2 aromatic heterocycles. The molecule has 0 aliphatic carbocycles. The van der Waals surface area contributed by atoms with Gasteiger partial charge in [-0.05, 0) is 36.4 Å². The van der Waals surface area contributed by atoms with Gasteiger partial charge in [-0.3, -0.25) is 4.79 Å². The lowest BCUT2D eigenvalue weighted by molar-refractivity contribution is -0.153. The summed E-state index contributed by atoms with van der Waals surface area (Å²) in [5, 5.41) is 2.44. The number of benzene rings is 2. The number of carbonyl (C=O) groups excluding carboxylic acids is 1. The summed E-state index contributed by atoms with van der Waals surface area (Å²) in [5.41, 5.74) is 0.811. The third-order valence-corrected chi connectivity index (χ3v) is 6.15. The number of aromatic nitrogens is 2. The second-order valence-corrected chi connectivity index (χ2v) is 8.60. The number of nitrogens with zero attached hydrogens (tertiary/aromatic N) is 4. The van der Waals surface area contributed by atoms with Gasteiger partial charge in [0.05, 0.1) is 19.0 Å². The van der Waals surface area contributed by atoms with Gasteiger partial charge in [0.25, 0.3) is 5.91 Å². The Kier molecular flexibility index (Phi) is 6.91. The Hall–Kier alpha value is -4.54. The first-order valence-corrected chi connectivity index (χ1v) is 11.9. The molecular formula is C27H24F3N5O3. The van der Waals surface area contributed by atoms with Crippen LogP contribution in [0.4, 0.5) is 30.4 Å². The molecule has 196 valence electrons. The number of anilines is 3. The standard InChI is InChI=1S/C27H24F3N5O3/c1-37-21-9-5-8-20(16-21)34-12-14-35(15-13-34)22-11-10-19(17-31-22)32-25(36)23-24(27(28,29)30)38-26(33-23)18-6-3-2-4-7-18/h2-11,16-17H,12-15H2,1H3,(H,32,36). The molecule has 0 saturated carbocycles. The molecule has 1 amide bonds. The van der Waals surface area contributed by atoms with Crippen LogP contribution in [0.5, 0.6) is 5.75 Å². The number of alkyl halides is 3. The minimum Gasteiger partial charge on any atom is -0.497 e. The Morgan fingerprint density at radius 2 is 1.71 bits per heavy atom. The number of methoxy groups -OCH3 is 1. The zero-order valence-electron chi connectivity index (χ0n) is 20.4. The van der Waals surface area contributed by atoms with Crippen molar-refractivity contribution in [1.29, 1.82) is 0 Å². The van der Waals surface area contributed by atoms with Crippen LogP contribution >= 0.6 is 0 Å².